The number of carbonyl (C=O) groups excluding carboxylic acids is 1. The van der Waals surface area contributed by atoms with Gasteiger partial charge in [0.2, 0.25) is 5.91 Å². The van der Waals surface area contributed by atoms with Crippen LogP contribution >= 0.6 is 0 Å². The monoisotopic (exact) mass is 296 g/mol. The zero-order valence-corrected chi connectivity index (χ0v) is 13.7. The normalized spacial score (nSPS) is 25.6. The first-order chi connectivity index (χ1) is 10.1. The van der Waals surface area contributed by atoms with Crippen molar-refractivity contribution < 1.29 is 4.79 Å². The Labute approximate surface area is 129 Å². The van der Waals surface area contributed by atoms with Gasteiger partial charge in [0.25, 0.3) is 0 Å². The molecule has 0 bridgehead atoms. The van der Waals surface area contributed by atoms with Gasteiger partial charge in [-0.25, -0.2) is 0 Å². The van der Waals surface area contributed by atoms with Gasteiger partial charge in [0.05, 0.1) is 6.54 Å². The van der Waals surface area contributed by atoms with E-state index in [4.69, 9.17) is 5.73 Å². The van der Waals surface area contributed by atoms with Crippen LogP contribution in [0, 0.1) is 0 Å². The van der Waals surface area contributed by atoms with Crippen molar-refractivity contribution in [2.75, 3.05) is 32.7 Å². The summed E-state index contributed by atoms with van der Waals surface area (Å²) in [5.41, 5.74) is 5.97. The summed E-state index contributed by atoms with van der Waals surface area (Å²) < 4.78 is 0. The van der Waals surface area contributed by atoms with Crippen molar-refractivity contribution in [2.45, 2.75) is 64.1 Å². The number of piperidine rings is 1. The summed E-state index contributed by atoms with van der Waals surface area (Å²) in [5.74, 6) is 0.185. The summed E-state index contributed by atoms with van der Waals surface area (Å²) in [4.78, 5) is 16.9. The summed E-state index contributed by atoms with van der Waals surface area (Å²) in [6.45, 7) is 9.14. The van der Waals surface area contributed by atoms with Gasteiger partial charge < -0.3 is 11.1 Å². The zero-order valence-electron chi connectivity index (χ0n) is 13.7. The van der Waals surface area contributed by atoms with Crippen LogP contribution in [0.5, 0.6) is 0 Å². The lowest BCUT2D eigenvalue weighted by atomic mass is 10.0. The van der Waals surface area contributed by atoms with Crippen LogP contribution in [-0.2, 0) is 4.79 Å². The second-order valence-corrected chi connectivity index (χ2v) is 6.63. The lowest BCUT2D eigenvalue weighted by Gasteiger charge is -2.34. The molecule has 21 heavy (non-hydrogen) atoms. The molecule has 2 aliphatic rings. The van der Waals surface area contributed by atoms with Crippen molar-refractivity contribution in [3.8, 4) is 0 Å². The quantitative estimate of drug-likeness (QED) is 0.761. The molecule has 1 unspecified atom stereocenters. The van der Waals surface area contributed by atoms with E-state index in [0.717, 1.165) is 51.9 Å². The molecule has 0 aromatic carbocycles. The zero-order chi connectivity index (χ0) is 15.2. The van der Waals surface area contributed by atoms with E-state index in [1.165, 1.54) is 6.42 Å². The highest BCUT2D eigenvalue weighted by Crippen LogP contribution is 2.19. The lowest BCUT2D eigenvalue weighted by molar-refractivity contribution is -0.122. The number of rotatable bonds is 6. The fraction of sp³-hybridized carbons (Fsp3) is 0.938. The molecule has 2 aliphatic heterocycles. The highest BCUT2D eigenvalue weighted by molar-refractivity contribution is 5.78. The van der Waals surface area contributed by atoms with Gasteiger partial charge in [-0.2, -0.15) is 0 Å². The van der Waals surface area contributed by atoms with E-state index in [1.807, 2.05) is 0 Å². The summed E-state index contributed by atoms with van der Waals surface area (Å²) in [6.07, 6.45) is 5.45. The van der Waals surface area contributed by atoms with E-state index < -0.39 is 0 Å². The van der Waals surface area contributed by atoms with Crippen LogP contribution in [0.2, 0.25) is 0 Å². The number of amides is 1. The first-order valence-electron chi connectivity index (χ1n) is 8.63. The van der Waals surface area contributed by atoms with Gasteiger partial charge in [-0.1, -0.05) is 13.8 Å². The number of carbonyl (C=O) groups is 1. The molecular weight excluding hydrogens is 264 g/mol. The minimum Gasteiger partial charge on any atom is -0.352 e. The Morgan fingerprint density at radius 1 is 1.19 bits per heavy atom. The van der Waals surface area contributed by atoms with Gasteiger partial charge >= 0.3 is 0 Å². The molecule has 1 atom stereocenters. The molecule has 2 rings (SSSR count). The van der Waals surface area contributed by atoms with Crippen LogP contribution < -0.4 is 11.1 Å². The van der Waals surface area contributed by atoms with Crippen LogP contribution in [0.1, 0.15) is 46.0 Å². The molecule has 2 fully saturated rings. The molecule has 0 radical (unpaired) electrons. The number of nitrogens with one attached hydrogen (secondary N) is 1. The van der Waals surface area contributed by atoms with Crippen LogP contribution in [0.25, 0.3) is 0 Å². The summed E-state index contributed by atoms with van der Waals surface area (Å²) in [5, 5.41) is 3.13. The third-order valence-corrected chi connectivity index (χ3v) is 5.06. The van der Waals surface area contributed by atoms with E-state index in [2.05, 4.69) is 29.0 Å². The Balaban J connectivity index is 1.71. The average molecular weight is 296 g/mol. The van der Waals surface area contributed by atoms with E-state index >= 15 is 0 Å². The summed E-state index contributed by atoms with van der Waals surface area (Å²) in [6, 6.07) is 1.35. The predicted molar refractivity (Wildman–Crippen MR) is 86.1 cm³/mol. The predicted octanol–water partition coefficient (Wildman–Crippen LogP) is 0.789. The molecule has 5 nitrogen and oxygen atoms in total. The summed E-state index contributed by atoms with van der Waals surface area (Å²) in [7, 11) is 0. The largest absolute Gasteiger partial charge is 0.352 e. The molecule has 0 saturated carbocycles. The molecule has 0 aromatic heterocycles. The maximum atomic E-state index is 12.1. The average Bonchev–Trinajstić information content (AvgIpc) is 2.94. The second kappa shape index (κ2) is 8.11. The van der Waals surface area contributed by atoms with E-state index in [0.29, 0.717) is 24.7 Å². The van der Waals surface area contributed by atoms with Crippen LogP contribution in [0.3, 0.4) is 0 Å². The molecule has 5 heteroatoms. The van der Waals surface area contributed by atoms with Gasteiger partial charge in [-0.15, -0.1) is 0 Å². The van der Waals surface area contributed by atoms with Crippen LogP contribution in [0.4, 0.5) is 0 Å². The standard InChI is InChI=1S/C16H32N4O/c1-3-14(4-2)18-16(21)12-19-8-7-15(11-19)20-9-5-13(17)6-10-20/h13-15H,3-12,17H2,1-2H3,(H,18,21). The van der Waals surface area contributed by atoms with E-state index in [9.17, 15) is 4.79 Å². The van der Waals surface area contributed by atoms with Crippen molar-refractivity contribution >= 4 is 5.91 Å². The Morgan fingerprint density at radius 2 is 1.86 bits per heavy atom. The second-order valence-electron chi connectivity index (χ2n) is 6.63. The molecular formula is C16H32N4O. The topological polar surface area (TPSA) is 61.6 Å². The Hall–Kier alpha value is -0.650. The first-order valence-corrected chi connectivity index (χ1v) is 8.63. The van der Waals surface area contributed by atoms with Crippen LogP contribution in [-0.4, -0.2) is 66.6 Å². The number of hydrogen-bond acceptors (Lipinski definition) is 4. The molecule has 1 amide bonds. The van der Waals surface area contributed by atoms with Gasteiger partial charge in [-0.3, -0.25) is 14.6 Å². The van der Waals surface area contributed by atoms with E-state index in [-0.39, 0.29) is 5.91 Å². The highest BCUT2D eigenvalue weighted by Gasteiger charge is 2.30. The highest BCUT2D eigenvalue weighted by atomic mass is 16.2. The van der Waals surface area contributed by atoms with E-state index in [1.54, 1.807) is 0 Å². The molecule has 122 valence electrons. The molecule has 0 aliphatic carbocycles. The van der Waals surface area contributed by atoms with Gasteiger partial charge in [0.1, 0.15) is 0 Å². The maximum absolute atomic E-state index is 12.1. The van der Waals surface area contributed by atoms with Crippen LogP contribution in [0.15, 0.2) is 0 Å². The van der Waals surface area contributed by atoms with Crippen molar-refractivity contribution in [3.63, 3.8) is 0 Å². The third-order valence-electron chi connectivity index (χ3n) is 5.06. The third kappa shape index (κ3) is 4.94. The lowest BCUT2D eigenvalue weighted by Crippen LogP contribution is -2.47. The molecule has 0 aromatic rings. The minimum atomic E-state index is 0.185. The van der Waals surface area contributed by atoms with Gasteiger partial charge in [0.15, 0.2) is 0 Å². The molecule has 2 saturated heterocycles. The molecule has 3 N–H and O–H groups in total. The first kappa shape index (κ1) is 16.7. The van der Waals surface area contributed by atoms with Crippen molar-refractivity contribution in [2.24, 2.45) is 5.73 Å². The molecule has 2 heterocycles. The van der Waals surface area contributed by atoms with Gasteiger partial charge in [-0.05, 0) is 45.2 Å². The SMILES string of the molecule is CCC(CC)NC(=O)CN1CCC(N2CCC(N)CC2)C1. The number of nitrogens with zero attached hydrogens (tertiary/aromatic N) is 2. The van der Waals surface area contributed by atoms with Crippen molar-refractivity contribution in [1.82, 2.24) is 15.1 Å². The Bertz CT molecular complexity index is 324. The minimum absolute atomic E-state index is 0.185. The maximum Gasteiger partial charge on any atom is 0.234 e. The number of hydrogen-bond donors (Lipinski definition) is 2. The summed E-state index contributed by atoms with van der Waals surface area (Å²) >= 11 is 0. The van der Waals surface area contributed by atoms with Crippen molar-refractivity contribution in [1.29, 1.82) is 0 Å². The fourth-order valence-electron chi connectivity index (χ4n) is 3.51. The number of nitrogens with two attached hydrogens (primary N) is 1. The fourth-order valence-corrected chi connectivity index (χ4v) is 3.51. The number of likely N-dealkylation sites (tertiary alicyclic amines) is 2. The Kier molecular flexibility index (Phi) is 6.45. The Morgan fingerprint density at radius 3 is 2.48 bits per heavy atom. The molecule has 0 spiro atoms. The van der Waals surface area contributed by atoms with Gasteiger partial charge in [0, 0.05) is 31.2 Å². The smallest absolute Gasteiger partial charge is 0.234 e. The van der Waals surface area contributed by atoms with Crippen molar-refractivity contribution in [3.05, 3.63) is 0 Å².